The molecular weight excluding hydrogens is 272 g/mol. The largest absolute Gasteiger partial charge is 0.326 e. The van der Waals surface area contributed by atoms with Crippen molar-refractivity contribution in [3.63, 3.8) is 0 Å². The van der Waals surface area contributed by atoms with E-state index >= 15 is 0 Å². The molecule has 0 spiro atoms. The zero-order valence-electron chi connectivity index (χ0n) is 12.5. The van der Waals surface area contributed by atoms with Crippen molar-refractivity contribution in [2.75, 3.05) is 13.1 Å². The van der Waals surface area contributed by atoms with Gasteiger partial charge in [-0.25, -0.2) is 8.42 Å². The van der Waals surface area contributed by atoms with Crippen LogP contribution in [-0.4, -0.2) is 25.8 Å². The van der Waals surface area contributed by atoms with Crippen molar-refractivity contribution in [3.05, 3.63) is 29.3 Å². The van der Waals surface area contributed by atoms with E-state index in [0.717, 1.165) is 24.0 Å². The first-order valence-corrected chi connectivity index (χ1v) is 8.50. The van der Waals surface area contributed by atoms with Gasteiger partial charge in [0.1, 0.15) is 0 Å². The maximum atomic E-state index is 12.7. The van der Waals surface area contributed by atoms with Gasteiger partial charge in [-0.15, -0.1) is 0 Å². The number of nitrogens with zero attached hydrogens (tertiary/aromatic N) is 1. The third-order valence-corrected chi connectivity index (χ3v) is 5.88. The molecule has 1 fully saturated rings. The van der Waals surface area contributed by atoms with Crippen LogP contribution >= 0.6 is 0 Å². The van der Waals surface area contributed by atoms with E-state index in [9.17, 15) is 8.42 Å². The normalized spacial score (nSPS) is 20.0. The molecule has 5 heteroatoms. The SMILES string of the molecule is Cc1ccc(S(=O)(=O)N2CCCC(C)(C)C2)cc1CN. The maximum Gasteiger partial charge on any atom is 0.243 e. The molecule has 1 heterocycles. The summed E-state index contributed by atoms with van der Waals surface area (Å²) < 4.78 is 27.1. The van der Waals surface area contributed by atoms with E-state index in [2.05, 4.69) is 13.8 Å². The highest BCUT2D eigenvalue weighted by Crippen LogP contribution is 2.32. The van der Waals surface area contributed by atoms with Crippen molar-refractivity contribution in [1.29, 1.82) is 0 Å². The predicted octanol–water partition coefficient (Wildman–Crippen LogP) is 2.26. The number of rotatable bonds is 3. The highest BCUT2D eigenvalue weighted by atomic mass is 32.2. The monoisotopic (exact) mass is 296 g/mol. The van der Waals surface area contributed by atoms with Crippen molar-refractivity contribution < 1.29 is 8.42 Å². The van der Waals surface area contributed by atoms with Gasteiger partial charge in [-0.3, -0.25) is 0 Å². The number of aryl methyl sites for hydroxylation is 1. The van der Waals surface area contributed by atoms with Crippen LogP contribution in [0.15, 0.2) is 23.1 Å². The molecule has 0 aromatic heterocycles. The summed E-state index contributed by atoms with van der Waals surface area (Å²) in [6, 6.07) is 5.24. The van der Waals surface area contributed by atoms with Gasteiger partial charge in [0, 0.05) is 19.6 Å². The molecule has 0 bridgehead atoms. The minimum Gasteiger partial charge on any atom is -0.326 e. The molecule has 2 N–H and O–H groups in total. The van der Waals surface area contributed by atoms with E-state index in [1.54, 1.807) is 16.4 Å². The molecule has 1 aromatic carbocycles. The van der Waals surface area contributed by atoms with Gasteiger partial charge >= 0.3 is 0 Å². The van der Waals surface area contributed by atoms with Crippen LogP contribution in [0.3, 0.4) is 0 Å². The second-order valence-corrected chi connectivity index (χ2v) is 8.34. The Morgan fingerprint density at radius 3 is 2.65 bits per heavy atom. The van der Waals surface area contributed by atoms with E-state index in [1.165, 1.54) is 0 Å². The summed E-state index contributed by atoms with van der Waals surface area (Å²) in [4.78, 5) is 0.362. The van der Waals surface area contributed by atoms with Crippen molar-refractivity contribution >= 4 is 10.0 Å². The van der Waals surface area contributed by atoms with Crippen LogP contribution in [0.4, 0.5) is 0 Å². The second-order valence-electron chi connectivity index (χ2n) is 6.40. The van der Waals surface area contributed by atoms with Crippen LogP contribution in [0.25, 0.3) is 0 Å². The molecule has 0 aliphatic carbocycles. The number of piperidine rings is 1. The van der Waals surface area contributed by atoms with E-state index in [0.29, 0.717) is 24.5 Å². The number of sulfonamides is 1. The lowest BCUT2D eigenvalue weighted by atomic mass is 9.85. The number of benzene rings is 1. The van der Waals surface area contributed by atoms with Gasteiger partial charge in [0.05, 0.1) is 4.90 Å². The molecule has 1 aromatic rings. The van der Waals surface area contributed by atoms with Crippen LogP contribution in [0.2, 0.25) is 0 Å². The summed E-state index contributed by atoms with van der Waals surface area (Å²) >= 11 is 0. The zero-order valence-corrected chi connectivity index (χ0v) is 13.3. The fourth-order valence-electron chi connectivity index (χ4n) is 2.75. The Bertz CT molecular complexity index is 594. The van der Waals surface area contributed by atoms with Crippen LogP contribution in [0.5, 0.6) is 0 Å². The molecular formula is C15H24N2O2S. The highest BCUT2D eigenvalue weighted by Gasteiger charge is 2.34. The van der Waals surface area contributed by atoms with Crippen LogP contribution in [0, 0.1) is 12.3 Å². The van der Waals surface area contributed by atoms with Crippen molar-refractivity contribution in [3.8, 4) is 0 Å². The fraction of sp³-hybridized carbons (Fsp3) is 0.600. The molecule has 0 unspecified atom stereocenters. The van der Waals surface area contributed by atoms with Gasteiger partial charge in [-0.1, -0.05) is 19.9 Å². The minimum absolute atomic E-state index is 0.0483. The number of hydrogen-bond acceptors (Lipinski definition) is 3. The zero-order chi connectivity index (χ0) is 15.0. The Hall–Kier alpha value is -0.910. The van der Waals surface area contributed by atoms with E-state index < -0.39 is 10.0 Å². The summed E-state index contributed by atoms with van der Waals surface area (Å²) in [7, 11) is -3.40. The Balaban J connectivity index is 2.35. The van der Waals surface area contributed by atoms with Crippen LogP contribution in [-0.2, 0) is 16.6 Å². The molecule has 20 heavy (non-hydrogen) atoms. The molecule has 0 saturated carbocycles. The van der Waals surface area contributed by atoms with Crippen LogP contribution < -0.4 is 5.73 Å². The first-order chi connectivity index (χ1) is 9.26. The lowest BCUT2D eigenvalue weighted by Gasteiger charge is -2.37. The average molecular weight is 296 g/mol. The minimum atomic E-state index is -3.40. The van der Waals surface area contributed by atoms with Gasteiger partial charge in [0.2, 0.25) is 10.0 Å². The van der Waals surface area contributed by atoms with Crippen molar-refractivity contribution in [2.24, 2.45) is 11.1 Å². The molecule has 112 valence electrons. The summed E-state index contributed by atoms with van der Waals surface area (Å²) in [6.45, 7) is 7.74. The standard InChI is InChI=1S/C15H24N2O2S/c1-12-5-6-14(9-13(12)10-16)20(18,19)17-8-4-7-15(2,3)11-17/h5-6,9H,4,7-8,10-11,16H2,1-3H3. The molecule has 2 rings (SSSR count). The fourth-order valence-corrected chi connectivity index (χ4v) is 4.47. The highest BCUT2D eigenvalue weighted by molar-refractivity contribution is 7.89. The Morgan fingerprint density at radius 2 is 2.05 bits per heavy atom. The van der Waals surface area contributed by atoms with E-state index in [1.807, 2.05) is 13.0 Å². The van der Waals surface area contributed by atoms with E-state index in [-0.39, 0.29) is 5.41 Å². The van der Waals surface area contributed by atoms with Gasteiger partial charge in [-0.2, -0.15) is 4.31 Å². The molecule has 0 amide bonds. The molecule has 0 atom stereocenters. The molecule has 1 aliphatic rings. The molecule has 1 saturated heterocycles. The van der Waals surface area contributed by atoms with Gasteiger partial charge < -0.3 is 5.73 Å². The summed E-state index contributed by atoms with van der Waals surface area (Å²) in [5.74, 6) is 0. The number of hydrogen-bond donors (Lipinski definition) is 1. The Kier molecular flexibility index (Phi) is 4.23. The lowest BCUT2D eigenvalue weighted by molar-refractivity contribution is 0.187. The third kappa shape index (κ3) is 3.05. The van der Waals surface area contributed by atoms with Crippen LogP contribution in [0.1, 0.15) is 37.8 Å². The van der Waals surface area contributed by atoms with Gasteiger partial charge in [-0.05, 0) is 48.4 Å². The molecule has 0 radical (unpaired) electrons. The summed E-state index contributed by atoms with van der Waals surface area (Å²) in [6.07, 6.45) is 1.99. The smallest absolute Gasteiger partial charge is 0.243 e. The second kappa shape index (κ2) is 5.47. The molecule has 4 nitrogen and oxygen atoms in total. The van der Waals surface area contributed by atoms with Gasteiger partial charge in [0.15, 0.2) is 0 Å². The van der Waals surface area contributed by atoms with Crippen molar-refractivity contribution in [2.45, 2.75) is 45.1 Å². The average Bonchev–Trinajstić information content (AvgIpc) is 2.37. The van der Waals surface area contributed by atoms with Crippen molar-refractivity contribution in [1.82, 2.24) is 4.31 Å². The summed E-state index contributed by atoms with van der Waals surface area (Å²) in [5.41, 5.74) is 7.65. The maximum absolute atomic E-state index is 12.7. The topological polar surface area (TPSA) is 63.4 Å². The quantitative estimate of drug-likeness (QED) is 0.930. The Labute approximate surface area is 122 Å². The third-order valence-electron chi connectivity index (χ3n) is 4.04. The Morgan fingerprint density at radius 1 is 1.35 bits per heavy atom. The predicted molar refractivity (Wildman–Crippen MR) is 80.8 cm³/mol. The van der Waals surface area contributed by atoms with E-state index in [4.69, 9.17) is 5.73 Å². The van der Waals surface area contributed by atoms with Gasteiger partial charge in [0.25, 0.3) is 0 Å². The first-order valence-electron chi connectivity index (χ1n) is 7.06. The first kappa shape index (κ1) is 15.5. The summed E-state index contributed by atoms with van der Waals surface area (Å²) in [5, 5.41) is 0. The molecule has 1 aliphatic heterocycles. The lowest BCUT2D eigenvalue weighted by Crippen LogP contribution is -2.43. The number of nitrogens with two attached hydrogens (primary N) is 1.